The van der Waals surface area contributed by atoms with E-state index in [4.69, 9.17) is 4.42 Å². The van der Waals surface area contributed by atoms with Crippen molar-refractivity contribution in [1.82, 2.24) is 9.78 Å². The molecule has 2 heterocycles. The van der Waals surface area contributed by atoms with Gasteiger partial charge in [-0.15, -0.1) is 0 Å². The molecule has 0 aliphatic rings. The normalized spacial score (nSPS) is 11.3. The number of benzene rings is 1. The van der Waals surface area contributed by atoms with Crippen LogP contribution in [0.3, 0.4) is 0 Å². The van der Waals surface area contributed by atoms with Crippen LogP contribution in [-0.2, 0) is 7.05 Å². The Morgan fingerprint density at radius 2 is 2.00 bits per heavy atom. The number of ketones is 1. The number of fused-ring (bicyclic) bond motifs is 1. The summed E-state index contributed by atoms with van der Waals surface area (Å²) < 4.78 is 20.6. The molecule has 108 valence electrons. The second-order valence-electron chi connectivity index (χ2n) is 5.20. The minimum Gasteiger partial charge on any atom is -0.452 e. The van der Waals surface area contributed by atoms with Crippen molar-refractivity contribution in [3.8, 4) is 0 Å². The quantitative estimate of drug-likeness (QED) is 0.678. The van der Waals surface area contributed by atoms with Crippen LogP contribution in [0.5, 0.6) is 0 Å². The number of aromatic nitrogens is 2. The summed E-state index contributed by atoms with van der Waals surface area (Å²) in [6, 6.07) is 4.24. The maximum atomic E-state index is 13.3. The van der Waals surface area contributed by atoms with E-state index in [9.17, 15) is 9.18 Å². The third kappa shape index (κ3) is 1.96. The fourth-order valence-corrected chi connectivity index (χ4v) is 2.63. The number of aryl methyl sites for hydroxylation is 3. The minimum atomic E-state index is -0.348. The van der Waals surface area contributed by atoms with Crippen molar-refractivity contribution in [2.45, 2.75) is 20.8 Å². The van der Waals surface area contributed by atoms with Crippen LogP contribution < -0.4 is 0 Å². The molecule has 0 saturated heterocycles. The fraction of sp³-hybridized carbons (Fsp3) is 0.250. The lowest BCUT2D eigenvalue weighted by Gasteiger charge is -2.00. The highest BCUT2D eigenvalue weighted by atomic mass is 19.1. The molecule has 0 aliphatic heterocycles. The van der Waals surface area contributed by atoms with E-state index in [-0.39, 0.29) is 17.4 Å². The summed E-state index contributed by atoms with van der Waals surface area (Å²) in [5.41, 5.74) is 3.14. The fourth-order valence-electron chi connectivity index (χ4n) is 2.63. The zero-order valence-electron chi connectivity index (χ0n) is 12.3. The smallest absolute Gasteiger partial charge is 0.232 e. The van der Waals surface area contributed by atoms with Gasteiger partial charge in [-0.3, -0.25) is 9.48 Å². The molecule has 0 bridgehead atoms. The van der Waals surface area contributed by atoms with Crippen LogP contribution in [0.25, 0.3) is 11.0 Å². The molecule has 1 aromatic carbocycles. The first kappa shape index (κ1) is 13.5. The van der Waals surface area contributed by atoms with Crippen molar-refractivity contribution in [1.29, 1.82) is 0 Å². The molecule has 0 saturated carbocycles. The number of halogens is 1. The predicted octanol–water partition coefficient (Wildman–Crippen LogP) is 3.46. The molecule has 0 fully saturated rings. The molecule has 0 aliphatic carbocycles. The van der Waals surface area contributed by atoms with E-state index in [1.165, 1.54) is 18.2 Å². The van der Waals surface area contributed by atoms with Crippen molar-refractivity contribution < 1.29 is 13.6 Å². The van der Waals surface area contributed by atoms with Gasteiger partial charge in [0, 0.05) is 23.7 Å². The van der Waals surface area contributed by atoms with Gasteiger partial charge in [-0.25, -0.2) is 4.39 Å². The zero-order chi connectivity index (χ0) is 15.3. The lowest BCUT2D eigenvalue weighted by molar-refractivity contribution is 0.101. The van der Waals surface area contributed by atoms with E-state index >= 15 is 0 Å². The van der Waals surface area contributed by atoms with E-state index in [0.29, 0.717) is 27.8 Å². The number of carbonyl (C=O) groups excluding carboxylic acids is 1. The number of hydrogen-bond donors (Lipinski definition) is 0. The molecule has 4 nitrogen and oxygen atoms in total. The van der Waals surface area contributed by atoms with Crippen molar-refractivity contribution in [2.75, 3.05) is 0 Å². The van der Waals surface area contributed by atoms with Gasteiger partial charge in [0.25, 0.3) is 0 Å². The number of nitrogens with zero attached hydrogens (tertiary/aromatic N) is 2. The van der Waals surface area contributed by atoms with Gasteiger partial charge < -0.3 is 4.42 Å². The van der Waals surface area contributed by atoms with E-state index in [1.54, 1.807) is 25.6 Å². The average Bonchev–Trinajstić information content (AvgIpc) is 2.88. The number of rotatable bonds is 2. The summed E-state index contributed by atoms with van der Waals surface area (Å²) >= 11 is 0. The summed E-state index contributed by atoms with van der Waals surface area (Å²) in [4.78, 5) is 12.7. The predicted molar refractivity (Wildman–Crippen MR) is 77.0 cm³/mol. The van der Waals surface area contributed by atoms with Crippen LogP contribution in [0.2, 0.25) is 0 Å². The van der Waals surface area contributed by atoms with Crippen LogP contribution in [0, 0.1) is 26.6 Å². The van der Waals surface area contributed by atoms with E-state index < -0.39 is 0 Å². The third-order valence-electron chi connectivity index (χ3n) is 3.84. The summed E-state index contributed by atoms with van der Waals surface area (Å²) in [5.74, 6) is -0.318. The monoisotopic (exact) mass is 286 g/mol. The molecular weight excluding hydrogens is 271 g/mol. The molecule has 0 atom stereocenters. The first-order valence-corrected chi connectivity index (χ1v) is 6.63. The largest absolute Gasteiger partial charge is 0.452 e. The van der Waals surface area contributed by atoms with Gasteiger partial charge in [-0.2, -0.15) is 5.10 Å². The topological polar surface area (TPSA) is 48.0 Å². The van der Waals surface area contributed by atoms with Crippen LogP contribution >= 0.6 is 0 Å². The summed E-state index contributed by atoms with van der Waals surface area (Å²) in [5, 5.41) is 4.87. The molecule has 5 heteroatoms. The Bertz CT molecular complexity index is 874. The summed E-state index contributed by atoms with van der Waals surface area (Å²) in [6.45, 7) is 5.39. The number of carbonyl (C=O) groups is 1. The highest BCUT2D eigenvalue weighted by Gasteiger charge is 2.24. The maximum Gasteiger partial charge on any atom is 0.232 e. The van der Waals surface area contributed by atoms with Gasteiger partial charge >= 0.3 is 0 Å². The van der Waals surface area contributed by atoms with Crippen molar-refractivity contribution in [2.24, 2.45) is 7.05 Å². The zero-order valence-corrected chi connectivity index (χ0v) is 12.3. The molecule has 0 radical (unpaired) electrons. The Balaban J connectivity index is 2.20. The van der Waals surface area contributed by atoms with Gasteiger partial charge in [0.2, 0.25) is 5.78 Å². The molecule has 0 unspecified atom stereocenters. The number of hydrogen-bond acceptors (Lipinski definition) is 3. The molecule has 0 spiro atoms. The van der Waals surface area contributed by atoms with Crippen LogP contribution in [0.1, 0.15) is 33.1 Å². The van der Waals surface area contributed by atoms with E-state index in [1.807, 2.05) is 6.92 Å². The molecule has 2 aromatic heterocycles. The lowest BCUT2D eigenvalue weighted by atomic mass is 10.0. The molecule has 0 amide bonds. The molecule has 3 aromatic rings. The minimum absolute atomic E-state index is 0.216. The van der Waals surface area contributed by atoms with Gasteiger partial charge in [-0.1, -0.05) is 0 Å². The molecular formula is C16H15FN2O2. The second kappa shape index (κ2) is 4.55. The van der Waals surface area contributed by atoms with E-state index in [0.717, 1.165) is 5.69 Å². The van der Waals surface area contributed by atoms with Crippen LogP contribution in [0.4, 0.5) is 4.39 Å². The maximum absolute atomic E-state index is 13.3. The van der Waals surface area contributed by atoms with Crippen LogP contribution in [0.15, 0.2) is 22.6 Å². The van der Waals surface area contributed by atoms with Gasteiger partial charge in [0.1, 0.15) is 11.4 Å². The summed E-state index contributed by atoms with van der Waals surface area (Å²) in [7, 11) is 1.79. The van der Waals surface area contributed by atoms with Gasteiger partial charge in [-0.05, 0) is 39.0 Å². The Labute approximate surface area is 121 Å². The summed E-state index contributed by atoms with van der Waals surface area (Å²) in [6.07, 6.45) is 0. The highest BCUT2D eigenvalue weighted by molar-refractivity contribution is 6.11. The van der Waals surface area contributed by atoms with Crippen LogP contribution in [-0.4, -0.2) is 15.6 Å². The Morgan fingerprint density at radius 3 is 2.62 bits per heavy atom. The first-order valence-electron chi connectivity index (χ1n) is 6.63. The Kier molecular flexibility index (Phi) is 2.93. The lowest BCUT2D eigenvalue weighted by Crippen LogP contribution is -2.05. The van der Waals surface area contributed by atoms with Gasteiger partial charge in [0.05, 0.1) is 11.3 Å². The van der Waals surface area contributed by atoms with Crippen molar-refractivity contribution >= 4 is 16.8 Å². The molecule has 3 rings (SSSR count). The number of furan rings is 1. The third-order valence-corrected chi connectivity index (χ3v) is 3.84. The molecule has 0 N–H and O–H groups in total. The SMILES string of the molecule is Cc1nn(C)c(C)c1C(=O)c1oc2ccc(F)cc2c1C. The standard InChI is InChI=1S/C16H15FN2O2/c1-8-12-7-11(17)5-6-13(12)21-16(8)15(20)14-9(2)18-19(4)10(14)3/h5-7H,1-4H3. The second-order valence-corrected chi connectivity index (χ2v) is 5.20. The first-order chi connectivity index (χ1) is 9.90. The van der Waals surface area contributed by atoms with Crippen molar-refractivity contribution in [3.05, 3.63) is 52.3 Å². The molecule has 21 heavy (non-hydrogen) atoms. The Hall–Kier alpha value is -2.43. The Morgan fingerprint density at radius 1 is 1.29 bits per heavy atom. The van der Waals surface area contributed by atoms with Gasteiger partial charge in [0.15, 0.2) is 5.76 Å². The average molecular weight is 286 g/mol. The van der Waals surface area contributed by atoms with E-state index in [2.05, 4.69) is 5.10 Å². The van der Waals surface area contributed by atoms with Crippen molar-refractivity contribution in [3.63, 3.8) is 0 Å². The highest BCUT2D eigenvalue weighted by Crippen LogP contribution is 2.29.